The van der Waals surface area contributed by atoms with Crippen molar-refractivity contribution in [2.24, 2.45) is 7.05 Å². The van der Waals surface area contributed by atoms with E-state index in [1.807, 2.05) is 0 Å². The largest absolute Gasteiger partial charge is 0.442 e. The molecule has 3 aromatic rings. The Labute approximate surface area is 161 Å². The number of piperazine rings is 1. The van der Waals surface area contributed by atoms with Crippen molar-refractivity contribution in [1.82, 2.24) is 19.4 Å². The highest BCUT2D eigenvalue weighted by Gasteiger charge is 2.28. The van der Waals surface area contributed by atoms with Crippen LogP contribution < -0.4 is 5.56 Å². The van der Waals surface area contributed by atoms with Crippen molar-refractivity contribution in [2.75, 3.05) is 26.2 Å². The molecular formula is C20H21FN4O3. The zero-order chi connectivity index (χ0) is 19.8. The Morgan fingerprint density at radius 3 is 2.54 bits per heavy atom. The molecule has 0 bridgehead atoms. The quantitative estimate of drug-likeness (QED) is 0.690. The van der Waals surface area contributed by atoms with Gasteiger partial charge in [-0.25, -0.2) is 9.37 Å². The number of benzene rings is 1. The first-order chi connectivity index (χ1) is 13.4. The molecular weight excluding hydrogens is 363 g/mol. The molecule has 0 spiro atoms. The van der Waals surface area contributed by atoms with Crippen LogP contribution in [0.15, 0.2) is 39.8 Å². The highest BCUT2D eigenvalue weighted by Crippen LogP contribution is 2.23. The molecule has 1 fully saturated rings. The number of hydrogen-bond donors (Lipinski definition) is 0. The molecule has 0 saturated carbocycles. The van der Waals surface area contributed by atoms with Gasteiger partial charge in [0.15, 0.2) is 0 Å². The van der Waals surface area contributed by atoms with Crippen LogP contribution >= 0.6 is 0 Å². The second-order valence-electron chi connectivity index (χ2n) is 7.07. The van der Waals surface area contributed by atoms with E-state index in [1.54, 1.807) is 31.0 Å². The summed E-state index contributed by atoms with van der Waals surface area (Å²) in [5.74, 6) is -0.0465. The Bertz CT molecular complexity index is 1080. The lowest BCUT2D eigenvalue weighted by molar-refractivity contribution is 0.0628. The predicted octanol–water partition coefficient (Wildman–Crippen LogP) is 1.93. The van der Waals surface area contributed by atoms with Crippen LogP contribution in [0.25, 0.3) is 11.1 Å². The number of carbonyl (C=O) groups excluding carboxylic acids is 1. The fraction of sp³-hybridized carbons (Fsp3) is 0.350. The summed E-state index contributed by atoms with van der Waals surface area (Å²) in [4.78, 5) is 33.6. The Morgan fingerprint density at radius 1 is 1.18 bits per heavy atom. The van der Waals surface area contributed by atoms with E-state index in [4.69, 9.17) is 4.42 Å². The van der Waals surface area contributed by atoms with E-state index in [1.165, 1.54) is 23.0 Å². The minimum absolute atomic E-state index is 0.193. The van der Waals surface area contributed by atoms with Gasteiger partial charge in [-0.2, -0.15) is 0 Å². The van der Waals surface area contributed by atoms with Crippen molar-refractivity contribution in [2.45, 2.75) is 13.5 Å². The molecule has 0 N–H and O–H groups in total. The molecule has 1 aromatic carbocycles. The molecule has 1 aliphatic rings. The summed E-state index contributed by atoms with van der Waals surface area (Å²) in [6, 6.07) is 6.46. The first-order valence-corrected chi connectivity index (χ1v) is 9.15. The number of rotatable bonds is 3. The third-order valence-corrected chi connectivity index (χ3v) is 5.14. The van der Waals surface area contributed by atoms with Crippen LogP contribution in [-0.2, 0) is 13.6 Å². The van der Waals surface area contributed by atoms with Gasteiger partial charge in [-0.05, 0) is 24.6 Å². The third kappa shape index (κ3) is 3.31. The number of nitrogens with zero attached hydrogens (tertiary/aromatic N) is 4. The Balaban J connectivity index is 1.49. The third-order valence-electron chi connectivity index (χ3n) is 5.14. The van der Waals surface area contributed by atoms with Gasteiger partial charge in [0.2, 0.25) is 5.71 Å². The van der Waals surface area contributed by atoms with Crippen molar-refractivity contribution in [3.63, 3.8) is 0 Å². The van der Waals surface area contributed by atoms with Crippen LogP contribution in [0, 0.1) is 12.7 Å². The van der Waals surface area contributed by atoms with Crippen molar-refractivity contribution in [3.05, 3.63) is 63.7 Å². The number of halogens is 1. The van der Waals surface area contributed by atoms with Crippen molar-refractivity contribution in [1.29, 1.82) is 0 Å². The topological polar surface area (TPSA) is 71.6 Å². The van der Waals surface area contributed by atoms with Crippen LogP contribution in [0.5, 0.6) is 0 Å². The minimum Gasteiger partial charge on any atom is -0.442 e. The highest BCUT2D eigenvalue weighted by atomic mass is 19.1. The van der Waals surface area contributed by atoms with Crippen LogP contribution in [0.4, 0.5) is 4.39 Å². The van der Waals surface area contributed by atoms with Gasteiger partial charge in [-0.15, -0.1) is 0 Å². The van der Waals surface area contributed by atoms with E-state index in [9.17, 15) is 14.0 Å². The number of fused-ring (bicyclic) bond motifs is 1. The maximum atomic E-state index is 13.1. The van der Waals surface area contributed by atoms with Gasteiger partial charge in [0.1, 0.15) is 23.3 Å². The van der Waals surface area contributed by atoms with E-state index in [-0.39, 0.29) is 28.4 Å². The summed E-state index contributed by atoms with van der Waals surface area (Å²) in [6.45, 7) is 4.89. The van der Waals surface area contributed by atoms with Gasteiger partial charge in [0.05, 0.1) is 5.56 Å². The normalized spacial score (nSPS) is 15.3. The molecule has 28 heavy (non-hydrogen) atoms. The minimum atomic E-state index is -0.292. The summed E-state index contributed by atoms with van der Waals surface area (Å²) >= 11 is 0. The Kier molecular flexibility index (Phi) is 4.72. The molecule has 0 unspecified atom stereocenters. The molecule has 4 rings (SSSR count). The first kappa shape index (κ1) is 18.4. The molecule has 2 aromatic heterocycles. The standard InChI is InChI=1S/C20H21FN4O3/c1-13-16(17-18(28-13)22-12-23(2)19(17)26)20(27)25-9-7-24(8-10-25)11-14-3-5-15(21)6-4-14/h3-6,12H,7-11H2,1-2H3. The average Bonchev–Trinajstić information content (AvgIpc) is 3.03. The molecule has 146 valence electrons. The van der Waals surface area contributed by atoms with Gasteiger partial charge >= 0.3 is 0 Å². The fourth-order valence-corrected chi connectivity index (χ4v) is 3.56. The molecule has 0 atom stereocenters. The van der Waals surface area contributed by atoms with E-state index >= 15 is 0 Å². The van der Waals surface area contributed by atoms with E-state index in [0.29, 0.717) is 44.0 Å². The lowest BCUT2D eigenvalue weighted by Gasteiger charge is -2.34. The maximum Gasteiger partial charge on any atom is 0.265 e. The summed E-state index contributed by atoms with van der Waals surface area (Å²) in [7, 11) is 1.60. The second-order valence-corrected chi connectivity index (χ2v) is 7.07. The van der Waals surface area contributed by atoms with Gasteiger partial charge in [0.25, 0.3) is 11.5 Å². The predicted molar refractivity (Wildman–Crippen MR) is 102 cm³/mol. The van der Waals surface area contributed by atoms with E-state index in [2.05, 4.69) is 9.88 Å². The summed E-state index contributed by atoms with van der Waals surface area (Å²) in [6.07, 6.45) is 1.39. The molecule has 0 aliphatic carbocycles. The molecule has 1 saturated heterocycles. The SMILES string of the molecule is Cc1oc2ncn(C)c(=O)c2c1C(=O)N1CCN(Cc2ccc(F)cc2)CC1. The first-order valence-electron chi connectivity index (χ1n) is 9.15. The van der Waals surface area contributed by atoms with Crippen LogP contribution in [0.3, 0.4) is 0 Å². The zero-order valence-electron chi connectivity index (χ0n) is 15.8. The van der Waals surface area contributed by atoms with Gasteiger partial charge in [0, 0.05) is 39.8 Å². The molecule has 8 heteroatoms. The summed E-state index contributed by atoms with van der Waals surface area (Å²) in [5.41, 5.74) is 1.24. The number of aromatic nitrogens is 2. The summed E-state index contributed by atoms with van der Waals surface area (Å²) in [5, 5.41) is 0.237. The van der Waals surface area contributed by atoms with Gasteiger partial charge < -0.3 is 13.9 Å². The molecule has 1 aliphatic heterocycles. The maximum absolute atomic E-state index is 13.1. The van der Waals surface area contributed by atoms with Crippen LogP contribution in [-0.4, -0.2) is 51.4 Å². The smallest absolute Gasteiger partial charge is 0.265 e. The van der Waals surface area contributed by atoms with Crippen molar-refractivity contribution >= 4 is 17.0 Å². The van der Waals surface area contributed by atoms with Gasteiger partial charge in [-0.1, -0.05) is 12.1 Å². The lowest BCUT2D eigenvalue weighted by Crippen LogP contribution is -2.48. The van der Waals surface area contributed by atoms with Crippen LogP contribution in [0.2, 0.25) is 0 Å². The molecule has 0 radical (unpaired) electrons. The van der Waals surface area contributed by atoms with Crippen molar-refractivity contribution < 1.29 is 13.6 Å². The average molecular weight is 384 g/mol. The van der Waals surface area contributed by atoms with Crippen molar-refractivity contribution in [3.8, 4) is 0 Å². The summed E-state index contributed by atoms with van der Waals surface area (Å²) < 4.78 is 19.9. The second kappa shape index (κ2) is 7.20. The van der Waals surface area contributed by atoms with Crippen LogP contribution in [0.1, 0.15) is 21.7 Å². The zero-order valence-corrected chi connectivity index (χ0v) is 15.8. The van der Waals surface area contributed by atoms with E-state index in [0.717, 1.165) is 5.56 Å². The number of amides is 1. The van der Waals surface area contributed by atoms with E-state index < -0.39 is 0 Å². The highest BCUT2D eigenvalue weighted by molar-refractivity contribution is 6.06. The number of aryl methyl sites for hydroxylation is 2. The monoisotopic (exact) mass is 384 g/mol. The fourth-order valence-electron chi connectivity index (χ4n) is 3.56. The van der Waals surface area contributed by atoms with Gasteiger partial charge in [-0.3, -0.25) is 14.5 Å². The number of carbonyl (C=O) groups is 1. The number of furan rings is 1. The molecule has 3 heterocycles. The lowest BCUT2D eigenvalue weighted by atomic mass is 10.1. The Morgan fingerprint density at radius 2 is 1.86 bits per heavy atom. The Hall–Kier alpha value is -3.00. The number of hydrogen-bond acceptors (Lipinski definition) is 5. The molecule has 1 amide bonds. The molecule has 7 nitrogen and oxygen atoms in total.